The molecule has 0 aliphatic carbocycles. The number of nitrogens with two attached hydrogens (primary N) is 2. The molecule has 8 heteroatoms. The molecule has 8 nitrogen and oxygen atoms in total. The minimum Gasteiger partial charge on any atom is -0.494 e. The second-order valence-electron chi connectivity index (χ2n) is 8.73. The SMILES string of the molecule is CCCCN=C(N)N.CCCCOc1ccc(CN2C(=O)CN(CCC)C(=O)c3ccccc32)cc1. The van der Waals surface area contributed by atoms with E-state index in [0.29, 0.717) is 30.9 Å². The van der Waals surface area contributed by atoms with E-state index in [0.717, 1.165) is 50.0 Å². The monoisotopic (exact) mass is 495 g/mol. The van der Waals surface area contributed by atoms with Crippen molar-refractivity contribution >= 4 is 23.5 Å². The number of rotatable bonds is 11. The molecule has 2 aromatic carbocycles. The van der Waals surface area contributed by atoms with Gasteiger partial charge in [-0.1, -0.05) is 57.9 Å². The van der Waals surface area contributed by atoms with E-state index in [2.05, 4.69) is 18.8 Å². The fourth-order valence-electron chi connectivity index (χ4n) is 3.71. The van der Waals surface area contributed by atoms with Gasteiger partial charge in [0.1, 0.15) is 12.3 Å². The summed E-state index contributed by atoms with van der Waals surface area (Å²) in [6, 6.07) is 15.2. The van der Waals surface area contributed by atoms with Crippen molar-refractivity contribution in [1.82, 2.24) is 4.90 Å². The zero-order chi connectivity index (χ0) is 26.3. The van der Waals surface area contributed by atoms with Gasteiger partial charge in [0, 0.05) is 13.1 Å². The number of carbonyl (C=O) groups excluding carboxylic acids is 2. The van der Waals surface area contributed by atoms with Gasteiger partial charge in [0.15, 0.2) is 5.96 Å². The van der Waals surface area contributed by atoms with Crippen molar-refractivity contribution in [3.8, 4) is 5.75 Å². The van der Waals surface area contributed by atoms with E-state index in [-0.39, 0.29) is 24.3 Å². The number of guanidine groups is 1. The Bertz CT molecular complexity index is 987. The van der Waals surface area contributed by atoms with Crippen molar-refractivity contribution < 1.29 is 14.3 Å². The molecule has 0 spiro atoms. The van der Waals surface area contributed by atoms with E-state index in [1.807, 2.05) is 49.4 Å². The summed E-state index contributed by atoms with van der Waals surface area (Å²) >= 11 is 0. The van der Waals surface area contributed by atoms with Crippen molar-refractivity contribution in [2.45, 2.75) is 59.4 Å². The highest BCUT2D eigenvalue weighted by Crippen LogP contribution is 2.27. The van der Waals surface area contributed by atoms with Crippen LogP contribution in [0.5, 0.6) is 5.75 Å². The van der Waals surface area contributed by atoms with Gasteiger partial charge >= 0.3 is 0 Å². The number of unbranched alkanes of at least 4 members (excludes halogenated alkanes) is 2. The highest BCUT2D eigenvalue weighted by molar-refractivity contribution is 6.09. The van der Waals surface area contributed by atoms with Gasteiger partial charge in [-0.3, -0.25) is 14.6 Å². The van der Waals surface area contributed by atoms with E-state index in [1.165, 1.54) is 0 Å². The summed E-state index contributed by atoms with van der Waals surface area (Å²) in [6.45, 7) is 8.84. The smallest absolute Gasteiger partial charge is 0.256 e. The van der Waals surface area contributed by atoms with Crippen molar-refractivity contribution in [3.63, 3.8) is 0 Å². The van der Waals surface area contributed by atoms with E-state index in [9.17, 15) is 9.59 Å². The molecule has 196 valence electrons. The first-order valence-corrected chi connectivity index (χ1v) is 12.9. The van der Waals surface area contributed by atoms with E-state index in [1.54, 1.807) is 15.9 Å². The van der Waals surface area contributed by atoms with Crippen molar-refractivity contribution in [3.05, 3.63) is 59.7 Å². The van der Waals surface area contributed by atoms with Gasteiger partial charge in [0.05, 0.1) is 24.4 Å². The minimum atomic E-state index is -0.0760. The van der Waals surface area contributed by atoms with Gasteiger partial charge < -0.3 is 26.0 Å². The lowest BCUT2D eigenvalue weighted by molar-refractivity contribution is -0.119. The zero-order valence-corrected chi connectivity index (χ0v) is 21.9. The Hall–Kier alpha value is -3.55. The maximum absolute atomic E-state index is 13.0. The standard InChI is InChI=1S/C23H28N2O3.C5H13N3/c1-3-5-15-28-19-12-10-18(11-13-19)16-25-21-9-7-6-8-20(21)23(27)24(14-4-2)17-22(25)26;1-2-3-4-8-5(6)7/h6-13H,3-5,14-17H2,1-2H3;2-4H2,1H3,(H4,6,7,8). The van der Waals surface area contributed by atoms with E-state index < -0.39 is 0 Å². The molecule has 2 amide bonds. The summed E-state index contributed by atoms with van der Waals surface area (Å²) in [7, 11) is 0. The molecule has 0 saturated carbocycles. The Balaban J connectivity index is 0.000000493. The highest BCUT2D eigenvalue weighted by Gasteiger charge is 2.30. The average molecular weight is 496 g/mol. The van der Waals surface area contributed by atoms with Crippen LogP contribution < -0.4 is 21.1 Å². The highest BCUT2D eigenvalue weighted by atomic mass is 16.5. The Morgan fingerprint density at radius 2 is 1.64 bits per heavy atom. The molecular formula is C28H41N5O3. The average Bonchev–Trinajstić information content (AvgIpc) is 2.96. The Morgan fingerprint density at radius 3 is 2.28 bits per heavy atom. The zero-order valence-electron chi connectivity index (χ0n) is 21.9. The van der Waals surface area contributed by atoms with Crippen LogP contribution in [0.3, 0.4) is 0 Å². The number of ether oxygens (including phenoxy) is 1. The van der Waals surface area contributed by atoms with E-state index in [4.69, 9.17) is 16.2 Å². The fourth-order valence-corrected chi connectivity index (χ4v) is 3.71. The molecule has 0 radical (unpaired) electrons. The van der Waals surface area contributed by atoms with Crippen LogP contribution in [0, 0.1) is 0 Å². The Labute approximate surface area is 215 Å². The molecule has 0 fully saturated rings. The number of aliphatic imine (C=N–C) groups is 1. The molecule has 36 heavy (non-hydrogen) atoms. The van der Waals surface area contributed by atoms with Crippen LogP contribution in [0.25, 0.3) is 0 Å². The predicted octanol–water partition coefficient (Wildman–Crippen LogP) is 4.32. The first-order chi connectivity index (χ1) is 17.4. The number of para-hydroxylation sites is 1. The Morgan fingerprint density at radius 1 is 0.944 bits per heavy atom. The minimum absolute atomic E-state index is 0.0602. The third kappa shape index (κ3) is 8.91. The molecule has 0 unspecified atom stereocenters. The summed E-state index contributed by atoms with van der Waals surface area (Å²) in [5.74, 6) is 0.894. The second-order valence-corrected chi connectivity index (χ2v) is 8.73. The summed E-state index contributed by atoms with van der Waals surface area (Å²) < 4.78 is 5.71. The van der Waals surface area contributed by atoms with E-state index >= 15 is 0 Å². The number of anilines is 1. The number of hydrogen-bond donors (Lipinski definition) is 2. The molecule has 1 heterocycles. The molecule has 0 bridgehead atoms. The molecule has 0 saturated heterocycles. The summed E-state index contributed by atoms with van der Waals surface area (Å²) in [5.41, 5.74) is 12.4. The van der Waals surface area contributed by atoms with Gasteiger partial charge in [-0.05, 0) is 49.1 Å². The van der Waals surface area contributed by atoms with Crippen molar-refractivity contribution in [2.24, 2.45) is 16.5 Å². The number of benzene rings is 2. The predicted molar refractivity (Wildman–Crippen MR) is 146 cm³/mol. The van der Waals surface area contributed by atoms with Crippen LogP contribution in [0.15, 0.2) is 53.5 Å². The van der Waals surface area contributed by atoms with Crippen molar-refractivity contribution in [2.75, 3.05) is 31.1 Å². The van der Waals surface area contributed by atoms with Gasteiger partial charge in [0.2, 0.25) is 5.91 Å². The lowest BCUT2D eigenvalue weighted by Gasteiger charge is -2.23. The molecule has 1 aliphatic heterocycles. The molecule has 0 aromatic heterocycles. The lowest BCUT2D eigenvalue weighted by Crippen LogP contribution is -2.39. The van der Waals surface area contributed by atoms with Crippen LogP contribution >= 0.6 is 0 Å². The topological polar surface area (TPSA) is 114 Å². The third-order valence-corrected chi connectivity index (χ3v) is 5.67. The second kappa shape index (κ2) is 15.4. The summed E-state index contributed by atoms with van der Waals surface area (Å²) in [4.78, 5) is 33.0. The molecular weight excluding hydrogens is 454 g/mol. The van der Waals surface area contributed by atoms with Crippen LogP contribution in [-0.4, -0.2) is 48.9 Å². The number of fused-ring (bicyclic) bond motifs is 1. The van der Waals surface area contributed by atoms with Gasteiger partial charge in [-0.15, -0.1) is 0 Å². The first kappa shape index (κ1) is 28.7. The molecule has 1 aliphatic rings. The maximum atomic E-state index is 13.0. The van der Waals surface area contributed by atoms with Gasteiger partial charge in [-0.2, -0.15) is 0 Å². The largest absolute Gasteiger partial charge is 0.494 e. The maximum Gasteiger partial charge on any atom is 0.256 e. The first-order valence-electron chi connectivity index (χ1n) is 12.9. The summed E-state index contributed by atoms with van der Waals surface area (Å²) in [5, 5.41) is 0. The lowest BCUT2D eigenvalue weighted by atomic mass is 10.1. The fraction of sp³-hybridized carbons (Fsp3) is 0.464. The Kier molecular flexibility index (Phi) is 12.3. The number of carbonyl (C=O) groups is 2. The molecule has 0 atom stereocenters. The number of amides is 2. The molecule has 3 rings (SSSR count). The van der Waals surface area contributed by atoms with Gasteiger partial charge in [0.25, 0.3) is 5.91 Å². The van der Waals surface area contributed by atoms with Crippen molar-refractivity contribution in [1.29, 1.82) is 0 Å². The quantitative estimate of drug-likeness (QED) is 0.274. The normalized spacial score (nSPS) is 12.9. The van der Waals surface area contributed by atoms with Crippen LogP contribution in [-0.2, 0) is 11.3 Å². The van der Waals surface area contributed by atoms with Crippen LogP contribution in [0.2, 0.25) is 0 Å². The molecule has 2 aromatic rings. The van der Waals surface area contributed by atoms with Crippen LogP contribution in [0.4, 0.5) is 5.69 Å². The number of hydrogen-bond acceptors (Lipinski definition) is 4. The number of nitrogens with zero attached hydrogens (tertiary/aromatic N) is 3. The van der Waals surface area contributed by atoms with Crippen LogP contribution in [0.1, 0.15) is 68.8 Å². The summed E-state index contributed by atoms with van der Waals surface area (Å²) in [6.07, 6.45) is 5.15. The molecule has 4 N–H and O–H groups in total. The van der Waals surface area contributed by atoms with Gasteiger partial charge in [-0.25, -0.2) is 0 Å². The third-order valence-electron chi connectivity index (χ3n) is 5.67.